The van der Waals surface area contributed by atoms with E-state index in [0.29, 0.717) is 12.5 Å². The van der Waals surface area contributed by atoms with Crippen LogP contribution in [0.4, 0.5) is 0 Å². The monoisotopic (exact) mass is 231 g/mol. The van der Waals surface area contributed by atoms with E-state index in [1.165, 1.54) is 11.3 Å². The second-order valence-corrected chi connectivity index (χ2v) is 4.84. The Morgan fingerprint density at radius 2 is 2.41 bits per heavy atom. The van der Waals surface area contributed by atoms with Gasteiger partial charge in [0, 0.05) is 11.6 Å². The van der Waals surface area contributed by atoms with Crippen LogP contribution >= 0.6 is 0 Å². The third-order valence-electron chi connectivity index (χ3n) is 3.87. The van der Waals surface area contributed by atoms with Gasteiger partial charge in [-0.3, -0.25) is 4.99 Å². The second-order valence-electron chi connectivity index (χ2n) is 4.84. The molecule has 0 aromatic carbocycles. The van der Waals surface area contributed by atoms with Crippen molar-refractivity contribution in [3.8, 4) is 0 Å². The fourth-order valence-electron chi connectivity index (χ4n) is 3.09. The van der Waals surface area contributed by atoms with Crippen molar-refractivity contribution in [1.29, 1.82) is 0 Å². The number of carbonyl (C=O) groups is 1. The first-order valence-corrected chi connectivity index (χ1v) is 6.41. The molecule has 0 amide bonds. The maximum absolute atomic E-state index is 11.7. The molecule has 17 heavy (non-hydrogen) atoms. The van der Waals surface area contributed by atoms with Gasteiger partial charge in [-0.05, 0) is 38.2 Å². The third-order valence-corrected chi connectivity index (χ3v) is 3.87. The first-order chi connectivity index (χ1) is 8.29. The van der Waals surface area contributed by atoms with Crippen molar-refractivity contribution < 1.29 is 9.53 Å². The molecular formula is C14H17NO2. The zero-order valence-electron chi connectivity index (χ0n) is 10.1. The Kier molecular flexibility index (Phi) is 2.61. The molecule has 2 aliphatic carbocycles. The number of hydrogen-bond acceptors (Lipinski definition) is 3. The average Bonchev–Trinajstić information content (AvgIpc) is 2.94. The van der Waals surface area contributed by atoms with Gasteiger partial charge in [-0.1, -0.05) is 17.7 Å². The van der Waals surface area contributed by atoms with Gasteiger partial charge in [-0.15, -0.1) is 0 Å². The van der Waals surface area contributed by atoms with Gasteiger partial charge >= 0.3 is 5.97 Å². The summed E-state index contributed by atoms with van der Waals surface area (Å²) in [5.41, 5.74) is 4.20. The lowest BCUT2D eigenvalue weighted by molar-refractivity contribution is -0.144. The first-order valence-electron chi connectivity index (χ1n) is 6.41. The van der Waals surface area contributed by atoms with Gasteiger partial charge in [-0.2, -0.15) is 0 Å². The Labute approximate surface area is 101 Å². The van der Waals surface area contributed by atoms with Crippen LogP contribution in [-0.4, -0.2) is 24.3 Å². The van der Waals surface area contributed by atoms with Crippen LogP contribution in [0.3, 0.4) is 0 Å². The summed E-state index contributed by atoms with van der Waals surface area (Å²) in [7, 11) is 0. The van der Waals surface area contributed by atoms with E-state index in [-0.39, 0.29) is 12.0 Å². The van der Waals surface area contributed by atoms with Crippen LogP contribution in [0.15, 0.2) is 28.3 Å². The lowest BCUT2D eigenvalue weighted by Gasteiger charge is -2.21. The van der Waals surface area contributed by atoms with E-state index < -0.39 is 0 Å². The van der Waals surface area contributed by atoms with Gasteiger partial charge < -0.3 is 4.74 Å². The molecule has 0 radical (unpaired) electrons. The molecule has 0 saturated heterocycles. The number of nitrogens with zero attached hydrogens (tertiary/aromatic N) is 1. The van der Waals surface area contributed by atoms with Crippen LogP contribution in [0.5, 0.6) is 0 Å². The molecule has 1 heterocycles. The van der Waals surface area contributed by atoms with E-state index in [0.717, 1.165) is 25.7 Å². The molecule has 3 heteroatoms. The van der Waals surface area contributed by atoms with Crippen LogP contribution in [0.2, 0.25) is 0 Å². The predicted octanol–water partition coefficient (Wildman–Crippen LogP) is 2.43. The predicted molar refractivity (Wildman–Crippen MR) is 66.0 cm³/mol. The molecule has 2 atom stereocenters. The minimum atomic E-state index is -0.254. The van der Waals surface area contributed by atoms with E-state index >= 15 is 0 Å². The van der Waals surface area contributed by atoms with Crippen molar-refractivity contribution in [2.24, 2.45) is 10.9 Å². The van der Waals surface area contributed by atoms with Gasteiger partial charge in [0.05, 0.1) is 6.61 Å². The molecule has 0 spiro atoms. The first kappa shape index (κ1) is 10.8. The Morgan fingerprint density at radius 1 is 1.53 bits per heavy atom. The van der Waals surface area contributed by atoms with Crippen LogP contribution < -0.4 is 0 Å². The molecule has 1 aliphatic heterocycles. The fraction of sp³-hybridized carbons (Fsp3) is 0.571. The van der Waals surface area contributed by atoms with Gasteiger partial charge in [0.25, 0.3) is 0 Å². The Morgan fingerprint density at radius 3 is 3.24 bits per heavy atom. The number of allylic oxidation sites excluding steroid dienone is 4. The summed E-state index contributed by atoms with van der Waals surface area (Å²) in [4.78, 5) is 16.3. The molecule has 0 N–H and O–H groups in total. The Hall–Kier alpha value is -1.38. The standard InChI is InChI=1S/C14H17NO2/c1-2-17-14(16)13-8-11-10-5-3-4-9(10)6-7-12(11)15-13/h3,5,11,13H,2,4,6-8H2,1H3. The summed E-state index contributed by atoms with van der Waals surface area (Å²) < 4.78 is 5.06. The van der Waals surface area contributed by atoms with Gasteiger partial charge in [0.15, 0.2) is 0 Å². The number of hydrogen-bond donors (Lipinski definition) is 0. The highest BCUT2D eigenvalue weighted by Gasteiger charge is 2.38. The number of rotatable bonds is 2. The summed E-state index contributed by atoms with van der Waals surface area (Å²) in [5.74, 6) is 0.241. The van der Waals surface area contributed by atoms with Crippen molar-refractivity contribution in [3.63, 3.8) is 0 Å². The highest BCUT2D eigenvalue weighted by atomic mass is 16.5. The zero-order valence-corrected chi connectivity index (χ0v) is 10.1. The lowest BCUT2D eigenvalue weighted by Crippen LogP contribution is -2.21. The third kappa shape index (κ3) is 1.74. The van der Waals surface area contributed by atoms with E-state index in [1.807, 2.05) is 6.92 Å². The second kappa shape index (κ2) is 4.13. The van der Waals surface area contributed by atoms with Crippen molar-refractivity contribution >= 4 is 11.7 Å². The molecule has 3 aliphatic rings. The molecule has 0 bridgehead atoms. The highest BCUT2D eigenvalue weighted by Crippen LogP contribution is 2.41. The topological polar surface area (TPSA) is 38.7 Å². The van der Waals surface area contributed by atoms with Crippen LogP contribution in [0, 0.1) is 5.92 Å². The Bertz CT molecular complexity index is 445. The van der Waals surface area contributed by atoms with Crippen molar-refractivity contribution in [2.45, 2.75) is 38.6 Å². The fourth-order valence-corrected chi connectivity index (χ4v) is 3.09. The molecule has 0 fully saturated rings. The molecule has 0 aromatic rings. The summed E-state index contributed by atoms with van der Waals surface area (Å²) in [6.07, 6.45) is 8.52. The van der Waals surface area contributed by atoms with Crippen LogP contribution in [0.1, 0.15) is 32.6 Å². The van der Waals surface area contributed by atoms with Crippen molar-refractivity contribution in [2.75, 3.05) is 6.61 Å². The normalized spacial score (nSPS) is 30.1. The molecule has 3 nitrogen and oxygen atoms in total. The lowest BCUT2D eigenvalue weighted by atomic mass is 9.81. The average molecular weight is 231 g/mol. The van der Waals surface area contributed by atoms with E-state index in [9.17, 15) is 4.79 Å². The minimum Gasteiger partial charge on any atom is -0.464 e. The van der Waals surface area contributed by atoms with Crippen LogP contribution in [0.25, 0.3) is 0 Å². The maximum Gasteiger partial charge on any atom is 0.330 e. The minimum absolute atomic E-state index is 0.154. The summed E-state index contributed by atoms with van der Waals surface area (Å²) >= 11 is 0. The molecule has 0 aromatic heterocycles. The SMILES string of the molecule is CCOC(=O)C1CC2C(=N1)CCC1=C2C=CC1. The molecular weight excluding hydrogens is 214 g/mol. The molecule has 2 unspecified atom stereocenters. The largest absolute Gasteiger partial charge is 0.464 e. The summed E-state index contributed by atoms with van der Waals surface area (Å²) in [6, 6.07) is -0.254. The van der Waals surface area contributed by atoms with Gasteiger partial charge in [0.2, 0.25) is 0 Å². The summed E-state index contributed by atoms with van der Waals surface area (Å²) in [6.45, 7) is 2.28. The number of ether oxygens (including phenoxy) is 1. The molecule has 0 saturated carbocycles. The maximum atomic E-state index is 11.7. The highest BCUT2D eigenvalue weighted by molar-refractivity contribution is 5.96. The zero-order chi connectivity index (χ0) is 11.8. The van der Waals surface area contributed by atoms with E-state index in [4.69, 9.17) is 4.74 Å². The number of esters is 1. The molecule has 3 rings (SSSR count). The number of carbonyl (C=O) groups excluding carboxylic acids is 1. The van der Waals surface area contributed by atoms with Crippen molar-refractivity contribution in [1.82, 2.24) is 0 Å². The van der Waals surface area contributed by atoms with E-state index in [2.05, 4.69) is 17.1 Å². The smallest absolute Gasteiger partial charge is 0.330 e. The number of aliphatic imine (C=N–C) groups is 1. The quantitative estimate of drug-likeness (QED) is 0.685. The van der Waals surface area contributed by atoms with E-state index in [1.54, 1.807) is 5.57 Å². The van der Waals surface area contributed by atoms with Crippen molar-refractivity contribution in [3.05, 3.63) is 23.3 Å². The van der Waals surface area contributed by atoms with Gasteiger partial charge in [-0.25, -0.2) is 4.79 Å². The summed E-state index contributed by atoms with van der Waals surface area (Å²) in [5, 5.41) is 0. The Balaban J connectivity index is 1.80. The van der Waals surface area contributed by atoms with Crippen LogP contribution in [-0.2, 0) is 9.53 Å². The molecule has 90 valence electrons. The number of fused-ring (bicyclic) bond motifs is 2. The van der Waals surface area contributed by atoms with Gasteiger partial charge in [0.1, 0.15) is 6.04 Å².